The highest BCUT2D eigenvalue weighted by molar-refractivity contribution is 7.10. The van der Waals surface area contributed by atoms with Gasteiger partial charge in [0.05, 0.1) is 13.0 Å². The first-order chi connectivity index (χ1) is 12.2. The molecule has 25 heavy (non-hydrogen) atoms. The fraction of sp³-hybridized carbons (Fsp3) is 0.500. The molecule has 132 valence electrons. The summed E-state index contributed by atoms with van der Waals surface area (Å²) >= 11 is 1.80. The Kier molecular flexibility index (Phi) is 4.57. The highest BCUT2D eigenvalue weighted by Crippen LogP contribution is 2.28. The number of piperidine rings is 1. The summed E-state index contributed by atoms with van der Waals surface area (Å²) in [6.45, 7) is 3.23. The third-order valence-electron chi connectivity index (χ3n) is 5.05. The first-order valence-corrected chi connectivity index (χ1v) is 9.57. The molecule has 2 aromatic heterocycles. The van der Waals surface area contributed by atoms with Gasteiger partial charge in [-0.15, -0.1) is 11.3 Å². The maximum absolute atomic E-state index is 13.0. The van der Waals surface area contributed by atoms with Crippen molar-refractivity contribution in [1.82, 2.24) is 14.9 Å². The van der Waals surface area contributed by atoms with Crippen LogP contribution in [0.5, 0.6) is 5.88 Å². The summed E-state index contributed by atoms with van der Waals surface area (Å²) in [5.41, 5.74) is 1.32. The van der Waals surface area contributed by atoms with Gasteiger partial charge < -0.3 is 14.5 Å². The summed E-state index contributed by atoms with van der Waals surface area (Å²) in [4.78, 5) is 27.1. The molecule has 1 atom stereocenters. The smallest absolute Gasteiger partial charge is 0.227 e. The minimum Gasteiger partial charge on any atom is -0.481 e. The minimum absolute atomic E-state index is 0.0369. The maximum atomic E-state index is 13.0. The first-order valence-electron chi connectivity index (χ1n) is 8.69. The fourth-order valence-electron chi connectivity index (χ4n) is 3.70. The molecule has 0 N–H and O–H groups in total. The maximum Gasteiger partial charge on any atom is 0.227 e. The van der Waals surface area contributed by atoms with Crippen LogP contribution in [-0.2, 0) is 17.8 Å². The SMILES string of the molecule is COc1cc(N2CCCC(C(=O)N3CCc4sccc4C3)C2)ncn1. The zero-order valence-corrected chi connectivity index (χ0v) is 15.2. The van der Waals surface area contributed by atoms with Crippen LogP contribution in [-0.4, -0.2) is 47.5 Å². The van der Waals surface area contributed by atoms with Crippen LogP contribution in [0.3, 0.4) is 0 Å². The van der Waals surface area contributed by atoms with E-state index in [0.717, 1.165) is 44.7 Å². The summed E-state index contributed by atoms with van der Waals surface area (Å²) in [6.07, 6.45) is 4.45. The van der Waals surface area contributed by atoms with Crippen molar-refractivity contribution in [2.45, 2.75) is 25.8 Å². The average Bonchev–Trinajstić information content (AvgIpc) is 3.15. The molecule has 1 saturated heterocycles. The van der Waals surface area contributed by atoms with Gasteiger partial charge in [-0.2, -0.15) is 0 Å². The molecule has 2 aromatic rings. The summed E-state index contributed by atoms with van der Waals surface area (Å²) < 4.78 is 5.19. The second-order valence-corrected chi connectivity index (χ2v) is 7.58. The van der Waals surface area contributed by atoms with E-state index in [4.69, 9.17) is 4.74 Å². The Morgan fingerprint density at radius 2 is 2.28 bits per heavy atom. The number of nitrogens with zero attached hydrogens (tertiary/aromatic N) is 4. The molecular weight excluding hydrogens is 336 g/mol. The number of methoxy groups -OCH3 is 1. The minimum atomic E-state index is 0.0369. The molecule has 0 bridgehead atoms. The molecule has 1 fully saturated rings. The summed E-state index contributed by atoms with van der Waals surface area (Å²) in [7, 11) is 1.60. The standard InChI is InChI=1S/C18H22N4O2S/c1-24-17-9-16(19-12-20-17)21-6-2-3-14(11-21)18(23)22-7-4-15-13(10-22)5-8-25-15/h5,8-9,12,14H,2-4,6-7,10-11H2,1H3. The van der Waals surface area contributed by atoms with Gasteiger partial charge in [0.2, 0.25) is 11.8 Å². The second-order valence-electron chi connectivity index (χ2n) is 6.58. The number of carbonyl (C=O) groups is 1. The van der Waals surface area contributed by atoms with E-state index in [-0.39, 0.29) is 11.8 Å². The Morgan fingerprint density at radius 3 is 3.16 bits per heavy atom. The van der Waals surface area contributed by atoms with E-state index >= 15 is 0 Å². The van der Waals surface area contributed by atoms with Crippen LogP contribution in [0.4, 0.5) is 5.82 Å². The van der Waals surface area contributed by atoms with E-state index < -0.39 is 0 Å². The van der Waals surface area contributed by atoms with E-state index in [9.17, 15) is 4.79 Å². The average molecular weight is 358 g/mol. The number of fused-ring (bicyclic) bond motifs is 1. The van der Waals surface area contributed by atoms with Gasteiger partial charge in [0.1, 0.15) is 12.1 Å². The number of hydrogen-bond acceptors (Lipinski definition) is 6. The van der Waals surface area contributed by atoms with Gasteiger partial charge in [-0.3, -0.25) is 4.79 Å². The molecule has 2 aliphatic rings. The van der Waals surface area contributed by atoms with Crippen LogP contribution < -0.4 is 9.64 Å². The van der Waals surface area contributed by atoms with Gasteiger partial charge in [-0.25, -0.2) is 9.97 Å². The van der Waals surface area contributed by atoms with Crippen LogP contribution >= 0.6 is 11.3 Å². The van der Waals surface area contributed by atoms with Gasteiger partial charge in [-0.05, 0) is 36.3 Å². The Morgan fingerprint density at radius 1 is 1.36 bits per heavy atom. The van der Waals surface area contributed by atoms with Crippen molar-refractivity contribution < 1.29 is 9.53 Å². The van der Waals surface area contributed by atoms with Crippen molar-refractivity contribution in [2.75, 3.05) is 31.6 Å². The number of anilines is 1. The lowest BCUT2D eigenvalue weighted by molar-refractivity contribution is -0.136. The van der Waals surface area contributed by atoms with E-state index in [1.165, 1.54) is 16.8 Å². The molecule has 6 nitrogen and oxygen atoms in total. The Bertz CT molecular complexity index is 763. The molecule has 4 rings (SSSR count). The molecule has 2 aliphatic heterocycles. The van der Waals surface area contributed by atoms with Crippen LogP contribution in [0, 0.1) is 5.92 Å². The molecule has 0 saturated carbocycles. The van der Waals surface area contributed by atoms with Gasteiger partial charge in [0, 0.05) is 37.1 Å². The number of ether oxygens (including phenoxy) is 1. The lowest BCUT2D eigenvalue weighted by Crippen LogP contribution is -2.46. The molecule has 0 aliphatic carbocycles. The largest absolute Gasteiger partial charge is 0.481 e. The molecule has 0 aromatic carbocycles. The van der Waals surface area contributed by atoms with Gasteiger partial charge >= 0.3 is 0 Å². The van der Waals surface area contributed by atoms with Gasteiger partial charge in [0.25, 0.3) is 0 Å². The van der Waals surface area contributed by atoms with Crippen molar-refractivity contribution in [3.05, 3.63) is 34.3 Å². The lowest BCUT2D eigenvalue weighted by atomic mass is 9.95. The molecule has 0 spiro atoms. The highest BCUT2D eigenvalue weighted by Gasteiger charge is 2.31. The number of hydrogen-bond donors (Lipinski definition) is 0. The van der Waals surface area contributed by atoms with Gasteiger partial charge in [0.15, 0.2) is 0 Å². The summed E-state index contributed by atoms with van der Waals surface area (Å²) in [5.74, 6) is 1.71. The highest BCUT2D eigenvalue weighted by atomic mass is 32.1. The molecular formula is C18H22N4O2S. The van der Waals surface area contributed by atoms with Crippen molar-refractivity contribution >= 4 is 23.1 Å². The van der Waals surface area contributed by atoms with Gasteiger partial charge in [-0.1, -0.05) is 0 Å². The van der Waals surface area contributed by atoms with Crippen molar-refractivity contribution in [3.63, 3.8) is 0 Å². The third-order valence-corrected chi connectivity index (χ3v) is 6.07. The Hall–Kier alpha value is -2.15. The summed E-state index contributed by atoms with van der Waals surface area (Å²) in [6, 6.07) is 3.99. The topological polar surface area (TPSA) is 58.6 Å². The van der Waals surface area contributed by atoms with E-state index in [2.05, 4.69) is 26.3 Å². The third kappa shape index (κ3) is 3.33. The second kappa shape index (κ2) is 7.00. The zero-order chi connectivity index (χ0) is 17.2. The molecule has 7 heteroatoms. The molecule has 4 heterocycles. The fourth-order valence-corrected chi connectivity index (χ4v) is 4.59. The van der Waals surface area contributed by atoms with Crippen LogP contribution in [0.15, 0.2) is 23.8 Å². The van der Waals surface area contributed by atoms with E-state index in [1.807, 2.05) is 11.0 Å². The zero-order valence-electron chi connectivity index (χ0n) is 14.4. The van der Waals surface area contributed by atoms with Crippen LogP contribution in [0.2, 0.25) is 0 Å². The molecule has 1 unspecified atom stereocenters. The van der Waals surface area contributed by atoms with Crippen molar-refractivity contribution in [2.24, 2.45) is 5.92 Å². The molecule has 0 radical (unpaired) electrons. The van der Waals surface area contributed by atoms with E-state index in [1.54, 1.807) is 18.4 Å². The first kappa shape index (κ1) is 16.3. The quantitative estimate of drug-likeness (QED) is 0.843. The predicted molar refractivity (Wildman–Crippen MR) is 97.0 cm³/mol. The number of thiophene rings is 1. The van der Waals surface area contributed by atoms with Crippen LogP contribution in [0.25, 0.3) is 0 Å². The number of amides is 1. The predicted octanol–water partition coefficient (Wildman–Crippen LogP) is 2.35. The monoisotopic (exact) mass is 358 g/mol. The van der Waals surface area contributed by atoms with Crippen molar-refractivity contribution in [3.8, 4) is 5.88 Å². The molecule has 1 amide bonds. The lowest BCUT2D eigenvalue weighted by Gasteiger charge is -2.36. The van der Waals surface area contributed by atoms with Crippen LogP contribution in [0.1, 0.15) is 23.3 Å². The number of rotatable bonds is 3. The van der Waals surface area contributed by atoms with Crippen molar-refractivity contribution in [1.29, 1.82) is 0 Å². The summed E-state index contributed by atoms with van der Waals surface area (Å²) in [5, 5.41) is 2.13. The normalized spacial score (nSPS) is 20.3. The Balaban J connectivity index is 1.45. The number of carbonyl (C=O) groups excluding carboxylic acids is 1. The Labute approximate surface area is 151 Å². The number of aromatic nitrogens is 2. The van der Waals surface area contributed by atoms with E-state index in [0.29, 0.717) is 12.4 Å².